The highest BCUT2D eigenvalue weighted by molar-refractivity contribution is 5.78. The maximum Gasteiger partial charge on any atom is 0.315 e. The van der Waals surface area contributed by atoms with E-state index >= 15 is 0 Å². The van der Waals surface area contributed by atoms with Crippen LogP contribution in [0.3, 0.4) is 0 Å². The minimum atomic E-state index is -0.142. The molecule has 90 valence electrons. The van der Waals surface area contributed by atoms with E-state index in [1.165, 1.54) is 0 Å². The molecule has 2 N–H and O–H groups in total. The molecular formula is C11H19N3O2. The molecule has 0 radical (unpaired) electrons. The van der Waals surface area contributed by atoms with E-state index < -0.39 is 0 Å². The molecule has 2 aliphatic rings. The molecule has 0 atom stereocenters. The number of hydrogen-bond donors (Lipinski definition) is 2. The van der Waals surface area contributed by atoms with Gasteiger partial charge in [0.1, 0.15) is 0 Å². The summed E-state index contributed by atoms with van der Waals surface area (Å²) >= 11 is 0. The number of nitrogens with zero attached hydrogens (tertiary/aromatic N) is 1. The summed E-state index contributed by atoms with van der Waals surface area (Å²) in [6, 6.07) is 0.228. The second kappa shape index (κ2) is 5.18. The molecule has 0 spiro atoms. The van der Waals surface area contributed by atoms with Crippen LogP contribution in [-0.4, -0.2) is 42.5 Å². The van der Waals surface area contributed by atoms with E-state index in [1.54, 1.807) is 0 Å². The van der Waals surface area contributed by atoms with Crippen LogP contribution in [0.15, 0.2) is 0 Å². The summed E-state index contributed by atoms with van der Waals surface area (Å²) in [5, 5.41) is 5.53. The van der Waals surface area contributed by atoms with E-state index in [0.717, 1.165) is 38.8 Å². The molecule has 1 aliphatic carbocycles. The predicted molar refractivity (Wildman–Crippen MR) is 60.0 cm³/mol. The van der Waals surface area contributed by atoms with Crippen molar-refractivity contribution in [3.63, 3.8) is 0 Å². The second-order valence-corrected chi connectivity index (χ2v) is 4.51. The zero-order chi connectivity index (χ0) is 11.4. The Kier molecular flexibility index (Phi) is 3.64. The van der Waals surface area contributed by atoms with Crippen LogP contribution in [0, 0.1) is 0 Å². The van der Waals surface area contributed by atoms with Crippen LogP contribution in [-0.2, 0) is 4.79 Å². The van der Waals surface area contributed by atoms with Crippen molar-refractivity contribution in [1.82, 2.24) is 15.5 Å². The summed E-state index contributed by atoms with van der Waals surface area (Å²) in [4.78, 5) is 24.7. The van der Waals surface area contributed by atoms with Crippen molar-refractivity contribution in [3.8, 4) is 0 Å². The van der Waals surface area contributed by atoms with Gasteiger partial charge in [0.25, 0.3) is 0 Å². The molecule has 1 saturated carbocycles. The minimum absolute atomic E-state index is 0.142. The van der Waals surface area contributed by atoms with Crippen LogP contribution in [0.25, 0.3) is 0 Å². The van der Waals surface area contributed by atoms with E-state index in [1.807, 2.05) is 4.90 Å². The van der Waals surface area contributed by atoms with Crippen molar-refractivity contribution >= 4 is 11.9 Å². The third-order valence-electron chi connectivity index (χ3n) is 3.00. The summed E-state index contributed by atoms with van der Waals surface area (Å²) in [5.41, 5.74) is 0. The number of nitrogens with one attached hydrogen (secondary N) is 2. The fraction of sp³-hybridized carbons (Fsp3) is 0.818. The van der Waals surface area contributed by atoms with Crippen LogP contribution in [0.5, 0.6) is 0 Å². The van der Waals surface area contributed by atoms with Gasteiger partial charge in [-0.2, -0.15) is 0 Å². The van der Waals surface area contributed by atoms with Crippen LogP contribution in [0.4, 0.5) is 4.79 Å². The van der Waals surface area contributed by atoms with Crippen LogP contribution < -0.4 is 10.6 Å². The lowest BCUT2D eigenvalue weighted by Crippen LogP contribution is -2.39. The molecule has 1 heterocycles. The lowest BCUT2D eigenvalue weighted by Gasteiger charge is -2.15. The van der Waals surface area contributed by atoms with E-state index in [0.29, 0.717) is 19.0 Å². The zero-order valence-electron chi connectivity index (χ0n) is 9.50. The highest BCUT2D eigenvalue weighted by atomic mass is 16.2. The molecule has 16 heavy (non-hydrogen) atoms. The molecule has 5 nitrogen and oxygen atoms in total. The van der Waals surface area contributed by atoms with Gasteiger partial charge in [0.15, 0.2) is 0 Å². The summed E-state index contributed by atoms with van der Waals surface area (Å²) in [6.45, 7) is 2.20. The summed E-state index contributed by atoms with van der Waals surface area (Å²) < 4.78 is 0. The van der Waals surface area contributed by atoms with E-state index in [9.17, 15) is 9.59 Å². The van der Waals surface area contributed by atoms with E-state index in [2.05, 4.69) is 10.6 Å². The topological polar surface area (TPSA) is 61.4 Å². The van der Waals surface area contributed by atoms with Crippen molar-refractivity contribution < 1.29 is 9.59 Å². The normalized spacial score (nSPS) is 19.6. The second-order valence-electron chi connectivity index (χ2n) is 4.51. The fourth-order valence-corrected chi connectivity index (χ4v) is 1.87. The van der Waals surface area contributed by atoms with Crippen LogP contribution >= 0.6 is 0 Å². The van der Waals surface area contributed by atoms with E-state index in [4.69, 9.17) is 0 Å². The molecule has 1 saturated heterocycles. The first-order valence-electron chi connectivity index (χ1n) is 6.08. The summed E-state index contributed by atoms with van der Waals surface area (Å²) in [5.74, 6) is 0.157. The zero-order valence-corrected chi connectivity index (χ0v) is 9.50. The molecule has 3 amide bonds. The lowest BCUT2D eigenvalue weighted by atomic mass is 10.3. The monoisotopic (exact) mass is 225 g/mol. The van der Waals surface area contributed by atoms with Gasteiger partial charge in [0, 0.05) is 32.1 Å². The maximum absolute atomic E-state index is 11.6. The van der Waals surface area contributed by atoms with Crippen molar-refractivity contribution in [1.29, 1.82) is 0 Å². The van der Waals surface area contributed by atoms with Gasteiger partial charge in [-0.05, 0) is 25.7 Å². The Morgan fingerprint density at radius 2 is 1.88 bits per heavy atom. The highest BCUT2D eigenvalue weighted by Crippen LogP contribution is 2.18. The minimum Gasteiger partial charge on any atom is -0.343 e. The Balaban J connectivity index is 1.55. The molecule has 0 unspecified atom stereocenters. The first kappa shape index (κ1) is 11.2. The maximum atomic E-state index is 11.6. The first-order chi connectivity index (χ1) is 7.75. The third-order valence-corrected chi connectivity index (χ3v) is 3.00. The Labute approximate surface area is 95.6 Å². The van der Waals surface area contributed by atoms with Gasteiger partial charge in [-0.3, -0.25) is 4.79 Å². The number of hydrogen-bond acceptors (Lipinski definition) is 2. The fourth-order valence-electron chi connectivity index (χ4n) is 1.87. The van der Waals surface area contributed by atoms with Crippen molar-refractivity contribution in [2.75, 3.05) is 19.6 Å². The van der Waals surface area contributed by atoms with Gasteiger partial charge < -0.3 is 15.5 Å². The van der Waals surface area contributed by atoms with Crippen LogP contribution in [0.1, 0.15) is 32.1 Å². The Morgan fingerprint density at radius 3 is 2.50 bits per heavy atom. The Hall–Kier alpha value is -1.26. The number of amides is 3. The average molecular weight is 225 g/mol. The average Bonchev–Trinajstić information content (AvgIpc) is 2.90. The van der Waals surface area contributed by atoms with Crippen molar-refractivity contribution in [2.45, 2.75) is 38.1 Å². The molecule has 2 fully saturated rings. The standard InChI is InChI=1S/C11H19N3O2/c15-10(14-7-1-2-8-14)5-6-12-11(16)13-9-3-4-9/h9H,1-8H2,(H2,12,13,16). The molecule has 1 aliphatic heterocycles. The number of urea groups is 1. The summed E-state index contributed by atoms with van der Waals surface area (Å²) in [7, 11) is 0. The molecule has 0 aromatic carbocycles. The molecule has 5 heteroatoms. The van der Waals surface area contributed by atoms with Gasteiger partial charge in [-0.25, -0.2) is 4.79 Å². The van der Waals surface area contributed by atoms with Crippen molar-refractivity contribution in [3.05, 3.63) is 0 Å². The molecule has 0 bridgehead atoms. The number of carbonyl (C=O) groups is 2. The molecular weight excluding hydrogens is 206 g/mol. The molecule has 0 aromatic heterocycles. The first-order valence-corrected chi connectivity index (χ1v) is 6.08. The van der Waals surface area contributed by atoms with Crippen molar-refractivity contribution in [2.24, 2.45) is 0 Å². The highest BCUT2D eigenvalue weighted by Gasteiger charge is 2.23. The quantitative estimate of drug-likeness (QED) is 0.730. The number of carbonyl (C=O) groups excluding carboxylic acids is 2. The van der Waals surface area contributed by atoms with Crippen LogP contribution in [0.2, 0.25) is 0 Å². The van der Waals surface area contributed by atoms with Gasteiger partial charge in [0.2, 0.25) is 5.91 Å². The Bertz CT molecular complexity index is 270. The largest absolute Gasteiger partial charge is 0.343 e. The SMILES string of the molecule is O=C(NCCC(=O)N1CCCC1)NC1CC1. The third kappa shape index (κ3) is 3.40. The van der Waals surface area contributed by atoms with Gasteiger partial charge in [0.05, 0.1) is 0 Å². The smallest absolute Gasteiger partial charge is 0.315 e. The lowest BCUT2D eigenvalue weighted by molar-refractivity contribution is -0.129. The number of likely N-dealkylation sites (tertiary alicyclic amines) is 1. The Morgan fingerprint density at radius 1 is 1.19 bits per heavy atom. The molecule has 2 rings (SSSR count). The molecule has 0 aromatic rings. The predicted octanol–water partition coefficient (Wildman–Crippen LogP) is 0.460. The summed E-state index contributed by atoms with van der Waals surface area (Å²) in [6.07, 6.45) is 4.81. The van der Waals surface area contributed by atoms with E-state index in [-0.39, 0.29) is 11.9 Å². The van der Waals surface area contributed by atoms with Gasteiger partial charge >= 0.3 is 6.03 Å². The van der Waals surface area contributed by atoms with Gasteiger partial charge in [-0.15, -0.1) is 0 Å². The van der Waals surface area contributed by atoms with Gasteiger partial charge in [-0.1, -0.05) is 0 Å². The number of rotatable bonds is 4.